The minimum absolute atomic E-state index is 0.0317. The largest absolute Gasteiger partial charge is 0.495 e. The van der Waals surface area contributed by atoms with Gasteiger partial charge in [-0.3, -0.25) is 9.69 Å². The van der Waals surface area contributed by atoms with Gasteiger partial charge in [-0.05, 0) is 31.7 Å². The summed E-state index contributed by atoms with van der Waals surface area (Å²) in [5.41, 5.74) is 2.42. The van der Waals surface area contributed by atoms with Gasteiger partial charge in [-0.2, -0.15) is 4.98 Å². The summed E-state index contributed by atoms with van der Waals surface area (Å²) in [6.45, 7) is 8.33. The second-order valence-electron chi connectivity index (χ2n) is 9.17. The van der Waals surface area contributed by atoms with Gasteiger partial charge in [0.15, 0.2) is 0 Å². The number of anilines is 2. The maximum atomic E-state index is 11.9. The third-order valence-electron chi connectivity index (χ3n) is 7.01. The fourth-order valence-corrected chi connectivity index (χ4v) is 5.41. The van der Waals surface area contributed by atoms with Gasteiger partial charge in [0.25, 0.3) is 0 Å². The van der Waals surface area contributed by atoms with E-state index >= 15 is 0 Å². The SMILES string of the molecule is C=CC(=O)N1CC(N(C)[C@H](C)CN2CC(c3c(Cl)c(OC)cc(OC)c3Cl)=Cc3cnc(NC)nc32)C1. The Balaban J connectivity index is 1.66. The van der Waals surface area contributed by atoms with Gasteiger partial charge in [-0.15, -0.1) is 0 Å². The molecule has 1 amide bonds. The molecule has 1 fully saturated rings. The number of benzene rings is 1. The van der Waals surface area contributed by atoms with Crippen molar-refractivity contribution >= 4 is 52.5 Å². The number of carbonyl (C=O) groups excluding carboxylic acids is 1. The Kier molecular flexibility index (Phi) is 8.16. The average molecular weight is 547 g/mol. The molecule has 0 bridgehead atoms. The molecule has 198 valence electrons. The average Bonchev–Trinajstić information content (AvgIpc) is 2.87. The predicted octanol–water partition coefficient (Wildman–Crippen LogP) is 3.92. The summed E-state index contributed by atoms with van der Waals surface area (Å²) in [6, 6.07) is 2.13. The number of halogens is 2. The summed E-state index contributed by atoms with van der Waals surface area (Å²) >= 11 is 13.5. The van der Waals surface area contributed by atoms with Gasteiger partial charge in [0.05, 0.1) is 24.3 Å². The lowest BCUT2D eigenvalue weighted by Gasteiger charge is -2.46. The first-order valence-electron chi connectivity index (χ1n) is 12.0. The van der Waals surface area contributed by atoms with Crippen LogP contribution in [0.4, 0.5) is 11.8 Å². The molecular weight excluding hydrogens is 515 g/mol. The zero-order chi connectivity index (χ0) is 26.9. The fraction of sp³-hybridized carbons (Fsp3) is 0.423. The molecule has 37 heavy (non-hydrogen) atoms. The molecule has 1 aromatic heterocycles. The molecule has 4 rings (SSSR count). The van der Waals surface area contributed by atoms with Crippen LogP contribution in [0.3, 0.4) is 0 Å². The van der Waals surface area contributed by atoms with Crippen LogP contribution in [0.25, 0.3) is 11.6 Å². The summed E-state index contributed by atoms with van der Waals surface area (Å²) < 4.78 is 11.0. The summed E-state index contributed by atoms with van der Waals surface area (Å²) in [6.07, 6.45) is 5.16. The lowest BCUT2D eigenvalue weighted by atomic mass is 9.98. The van der Waals surface area contributed by atoms with E-state index in [0.29, 0.717) is 59.2 Å². The van der Waals surface area contributed by atoms with E-state index in [1.807, 2.05) is 6.08 Å². The molecule has 3 heterocycles. The van der Waals surface area contributed by atoms with Crippen molar-refractivity contribution in [3.8, 4) is 11.5 Å². The molecule has 2 aliphatic rings. The van der Waals surface area contributed by atoms with E-state index in [0.717, 1.165) is 17.0 Å². The molecule has 2 aliphatic heterocycles. The van der Waals surface area contributed by atoms with Crippen LogP contribution in [-0.2, 0) is 4.79 Å². The van der Waals surface area contributed by atoms with Crippen molar-refractivity contribution in [3.05, 3.63) is 46.1 Å². The van der Waals surface area contributed by atoms with E-state index in [1.165, 1.54) is 6.08 Å². The van der Waals surface area contributed by atoms with Gasteiger partial charge in [0.1, 0.15) is 17.3 Å². The van der Waals surface area contributed by atoms with E-state index in [2.05, 4.69) is 40.7 Å². The highest BCUT2D eigenvalue weighted by Crippen LogP contribution is 2.46. The normalized spacial score (nSPS) is 16.1. The first-order chi connectivity index (χ1) is 17.7. The monoisotopic (exact) mass is 546 g/mol. The summed E-state index contributed by atoms with van der Waals surface area (Å²) in [5.74, 6) is 2.29. The maximum Gasteiger partial charge on any atom is 0.246 e. The minimum Gasteiger partial charge on any atom is -0.495 e. The number of likely N-dealkylation sites (tertiary alicyclic amines) is 1. The molecule has 1 N–H and O–H groups in total. The van der Waals surface area contributed by atoms with Crippen molar-refractivity contribution in [1.82, 2.24) is 19.8 Å². The first-order valence-corrected chi connectivity index (χ1v) is 12.7. The Morgan fingerprint density at radius 3 is 2.51 bits per heavy atom. The third kappa shape index (κ3) is 5.21. The van der Waals surface area contributed by atoms with Crippen LogP contribution in [0.1, 0.15) is 18.1 Å². The number of hydrogen-bond donors (Lipinski definition) is 1. The maximum absolute atomic E-state index is 11.9. The van der Waals surface area contributed by atoms with Gasteiger partial charge in [-0.1, -0.05) is 29.8 Å². The third-order valence-corrected chi connectivity index (χ3v) is 7.76. The summed E-state index contributed by atoms with van der Waals surface area (Å²) in [7, 11) is 7.00. The second-order valence-corrected chi connectivity index (χ2v) is 9.93. The molecular formula is C26H32Cl2N6O3. The Hall–Kier alpha value is -3.01. The number of rotatable bonds is 9. The number of likely N-dealkylation sites (N-methyl/N-ethyl adjacent to an activating group) is 1. The number of methoxy groups -OCH3 is 2. The van der Waals surface area contributed by atoms with Gasteiger partial charge in [0, 0.05) is 68.7 Å². The highest BCUT2D eigenvalue weighted by Gasteiger charge is 2.35. The van der Waals surface area contributed by atoms with Gasteiger partial charge in [0.2, 0.25) is 11.9 Å². The van der Waals surface area contributed by atoms with Crippen molar-refractivity contribution in [3.63, 3.8) is 0 Å². The number of amides is 1. The van der Waals surface area contributed by atoms with E-state index in [-0.39, 0.29) is 18.0 Å². The van der Waals surface area contributed by atoms with Crippen LogP contribution in [0.5, 0.6) is 11.5 Å². The van der Waals surface area contributed by atoms with Gasteiger partial charge >= 0.3 is 0 Å². The van der Waals surface area contributed by atoms with Crippen LogP contribution < -0.4 is 19.7 Å². The van der Waals surface area contributed by atoms with Gasteiger partial charge in [-0.25, -0.2) is 4.98 Å². The van der Waals surface area contributed by atoms with Crippen LogP contribution in [-0.4, -0.2) is 92.3 Å². The Labute approximate surface area is 227 Å². The molecule has 2 aromatic rings. The summed E-state index contributed by atoms with van der Waals surface area (Å²) in [5, 5.41) is 3.86. The summed E-state index contributed by atoms with van der Waals surface area (Å²) in [4.78, 5) is 27.4. The molecule has 0 spiro atoms. The van der Waals surface area contributed by atoms with Crippen molar-refractivity contribution in [2.24, 2.45) is 0 Å². The molecule has 1 atom stereocenters. The molecule has 9 nitrogen and oxygen atoms in total. The van der Waals surface area contributed by atoms with E-state index in [1.54, 1.807) is 38.4 Å². The number of ether oxygens (including phenoxy) is 2. The van der Waals surface area contributed by atoms with Crippen LogP contribution in [0, 0.1) is 0 Å². The van der Waals surface area contributed by atoms with Crippen molar-refractivity contribution < 1.29 is 14.3 Å². The van der Waals surface area contributed by atoms with Crippen LogP contribution in [0.15, 0.2) is 24.9 Å². The van der Waals surface area contributed by atoms with Crippen molar-refractivity contribution in [2.75, 3.05) is 64.7 Å². The zero-order valence-electron chi connectivity index (χ0n) is 21.7. The number of fused-ring (bicyclic) bond motifs is 1. The molecule has 11 heteroatoms. The Morgan fingerprint density at radius 1 is 1.30 bits per heavy atom. The standard InChI is InChI=1S/C26H32Cl2N6O3/c1-7-21(35)33-13-18(14-33)32(4)15(2)11-34-12-17(8-16-10-30-26(29-3)31-25(16)34)22-23(27)19(36-5)9-20(37-6)24(22)28/h7-10,15,18H,1,11-14H2,2-6H3,(H,29,30,31)/t15-/m1/s1. The van der Waals surface area contributed by atoms with E-state index in [9.17, 15) is 4.79 Å². The number of hydrogen-bond acceptors (Lipinski definition) is 8. The quantitative estimate of drug-likeness (QED) is 0.474. The predicted molar refractivity (Wildman–Crippen MR) is 149 cm³/mol. The lowest BCUT2D eigenvalue weighted by Crippen LogP contribution is -2.62. The number of aromatic nitrogens is 2. The molecule has 0 saturated carbocycles. The Morgan fingerprint density at radius 2 is 1.95 bits per heavy atom. The van der Waals surface area contributed by atoms with Crippen LogP contribution in [0.2, 0.25) is 10.0 Å². The number of nitrogens with zero attached hydrogens (tertiary/aromatic N) is 5. The minimum atomic E-state index is -0.0317. The first kappa shape index (κ1) is 27.0. The highest BCUT2D eigenvalue weighted by atomic mass is 35.5. The van der Waals surface area contributed by atoms with Crippen molar-refractivity contribution in [1.29, 1.82) is 0 Å². The molecule has 0 aliphatic carbocycles. The molecule has 1 saturated heterocycles. The Bertz CT molecular complexity index is 1200. The number of carbonyl (C=O) groups is 1. The second kappa shape index (κ2) is 11.2. The highest BCUT2D eigenvalue weighted by molar-refractivity contribution is 6.39. The fourth-order valence-electron chi connectivity index (χ4n) is 4.67. The molecule has 0 radical (unpaired) electrons. The molecule has 0 unspecified atom stereocenters. The van der Waals surface area contributed by atoms with Crippen LogP contribution >= 0.6 is 23.2 Å². The lowest BCUT2D eigenvalue weighted by molar-refractivity contribution is -0.133. The van der Waals surface area contributed by atoms with Crippen molar-refractivity contribution in [2.45, 2.75) is 19.0 Å². The zero-order valence-corrected chi connectivity index (χ0v) is 23.2. The van der Waals surface area contributed by atoms with Gasteiger partial charge < -0.3 is 24.6 Å². The smallest absolute Gasteiger partial charge is 0.246 e. The van der Waals surface area contributed by atoms with E-state index in [4.69, 9.17) is 37.7 Å². The molecule has 1 aromatic carbocycles. The number of nitrogens with one attached hydrogen (secondary N) is 1. The van der Waals surface area contributed by atoms with E-state index < -0.39 is 0 Å². The topological polar surface area (TPSA) is 83.1 Å².